The number of hydrogen-bond acceptors (Lipinski definition) is 3. The van der Waals surface area contributed by atoms with E-state index in [1.807, 2.05) is 11.9 Å². The molecule has 0 bridgehead atoms. The Morgan fingerprint density at radius 2 is 1.74 bits per heavy atom. The predicted octanol–water partition coefficient (Wildman–Crippen LogP) is 1.59. The molecule has 0 aromatic heterocycles. The number of rotatable bonds is 5. The Bertz CT molecular complexity index is 307. The van der Waals surface area contributed by atoms with Gasteiger partial charge in [0, 0.05) is 25.2 Å². The summed E-state index contributed by atoms with van der Waals surface area (Å²) in [6.45, 7) is 1.19. The lowest BCUT2D eigenvalue weighted by molar-refractivity contribution is -0.132. The van der Waals surface area contributed by atoms with Crippen LogP contribution in [0.1, 0.15) is 51.4 Å². The van der Waals surface area contributed by atoms with E-state index >= 15 is 0 Å². The second-order valence-electron chi connectivity index (χ2n) is 6.43. The molecule has 0 aromatic carbocycles. The fourth-order valence-corrected chi connectivity index (χ4v) is 3.28. The molecule has 0 aliphatic heterocycles. The van der Waals surface area contributed by atoms with E-state index in [0.717, 1.165) is 12.8 Å². The monoisotopic (exact) mass is 267 g/mol. The lowest BCUT2D eigenvalue weighted by Crippen LogP contribution is -2.54. The van der Waals surface area contributed by atoms with Crippen molar-refractivity contribution in [2.45, 2.75) is 62.9 Å². The summed E-state index contributed by atoms with van der Waals surface area (Å²) in [5.74, 6) is 0.252. The van der Waals surface area contributed by atoms with Gasteiger partial charge >= 0.3 is 0 Å². The first kappa shape index (κ1) is 14.8. The maximum absolute atomic E-state index is 12.3. The fraction of sp³-hybridized carbons (Fsp3) is 0.933. The summed E-state index contributed by atoms with van der Waals surface area (Å²) in [5, 5.41) is 0. The largest absolute Gasteiger partial charge is 0.342 e. The summed E-state index contributed by atoms with van der Waals surface area (Å²) in [6.07, 6.45) is 9.74. The van der Waals surface area contributed by atoms with Gasteiger partial charge in [0.2, 0.25) is 5.91 Å². The molecule has 0 saturated heterocycles. The van der Waals surface area contributed by atoms with Crippen LogP contribution in [0, 0.1) is 0 Å². The molecule has 0 aromatic rings. The third-order valence-corrected chi connectivity index (χ3v) is 5.08. The molecule has 0 heterocycles. The van der Waals surface area contributed by atoms with Crippen LogP contribution in [0.2, 0.25) is 0 Å². The molecule has 1 amide bonds. The molecule has 0 atom stereocenters. The molecule has 0 unspecified atom stereocenters. The van der Waals surface area contributed by atoms with Gasteiger partial charge < -0.3 is 10.6 Å². The van der Waals surface area contributed by atoms with Crippen molar-refractivity contribution in [3.63, 3.8) is 0 Å². The average molecular weight is 267 g/mol. The summed E-state index contributed by atoms with van der Waals surface area (Å²) in [4.78, 5) is 16.4. The standard InChI is InChI=1S/C15H29N3O/c1-17(11-14(19)18(2)13-7-8-13)15(12-16)9-5-3-4-6-10-15/h13H,3-12,16H2,1-2H3. The van der Waals surface area contributed by atoms with E-state index in [9.17, 15) is 4.79 Å². The molecular weight excluding hydrogens is 238 g/mol. The summed E-state index contributed by atoms with van der Waals surface area (Å²) < 4.78 is 0. The molecule has 2 N–H and O–H groups in total. The van der Waals surface area contributed by atoms with Gasteiger partial charge in [-0.25, -0.2) is 0 Å². The van der Waals surface area contributed by atoms with E-state index in [4.69, 9.17) is 5.73 Å². The zero-order valence-electron chi connectivity index (χ0n) is 12.5. The lowest BCUT2D eigenvalue weighted by Gasteiger charge is -2.41. The highest BCUT2D eigenvalue weighted by atomic mass is 16.2. The van der Waals surface area contributed by atoms with E-state index in [2.05, 4.69) is 11.9 Å². The van der Waals surface area contributed by atoms with Crippen LogP contribution in [0.15, 0.2) is 0 Å². The van der Waals surface area contributed by atoms with Gasteiger partial charge in [0.1, 0.15) is 0 Å². The fourth-order valence-electron chi connectivity index (χ4n) is 3.28. The Balaban J connectivity index is 1.94. The third kappa shape index (κ3) is 3.48. The van der Waals surface area contributed by atoms with Gasteiger partial charge in [0.15, 0.2) is 0 Å². The van der Waals surface area contributed by atoms with Crippen LogP contribution in [0.3, 0.4) is 0 Å². The number of nitrogens with two attached hydrogens (primary N) is 1. The molecular formula is C15H29N3O. The Morgan fingerprint density at radius 1 is 1.16 bits per heavy atom. The highest BCUT2D eigenvalue weighted by Crippen LogP contribution is 2.31. The Labute approximate surface area is 117 Å². The summed E-state index contributed by atoms with van der Waals surface area (Å²) >= 11 is 0. The molecule has 110 valence electrons. The molecule has 4 nitrogen and oxygen atoms in total. The van der Waals surface area contributed by atoms with Crippen LogP contribution in [-0.2, 0) is 4.79 Å². The maximum Gasteiger partial charge on any atom is 0.236 e. The van der Waals surface area contributed by atoms with Crippen molar-refractivity contribution in [3.8, 4) is 0 Å². The van der Waals surface area contributed by atoms with Crippen molar-refractivity contribution < 1.29 is 4.79 Å². The van der Waals surface area contributed by atoms with Crippen molar-refractivity contribution in [2.24, 2.45) is 5.73 Å². The van der Waals surface area contributed by atoms with Crippen LogP contribution in [-0.4, -0.2) is 54.5 Å². The van der Waals surface area contributed by atoms with Crippen LogP contribution in [0.25, 0.3) is 0 Å². The molecule has 2 saturated carbocycles. The average Bonchev–Trinajstić information content (AvgIpc) is 3.24. The van der Waals surface area contributed by atoms with Gasteiger partial charge in [-0.05, 0) is 32.7 Å². The lowest BCUT2D eigenvalue weighted by atomic mass is 9.88. The minimum absolute atomic E-state index is 0.0521. The quantitative estimate of drug-likeness (QED) is 0.770. The van der Waals surface area contributed by atoms with Gasteiger partial charge in [0.25, 0.3) is 0 Å². The maximum atomic E-state index is 12.3. The topological polar surface area (TPSA) is 49.6 Å². The minimum Gasteiger partial charge on any atom is -0.342 e. The predicted molar refractivity (Wildman–Crippen MR) is 77.9 cm³/mol. The van der Waals surface area contributed by atoms with E-state index in [-0.39, 0.29) is 11.4 Å². The molecule has 19 heavy (non-hydrogen) atoms. The van der Waals surface area contributed by atoms with Gasteiger partial charge in [0.05, 0.1) is 6.54 Å². The Morgan fingerprint density at radius 3 is 2.21 bits per heavy atom. The first-order chi connectivity index (χ1) is 9.09. The zero-order valence-corrected chi connectivity index (χ0v) is 12.5. The van der Waals surface area contributed by atoms with Crippen molar-refractivity contribution in [1.29, 1.82) is 0 Å². The second-order valence-corrected chi connectivity index (χ2v) is 6.43. The summed E-state index contributed by atoms with van der Waals surface area (Å²) in [7, 11) is 4.02. The van der Waals surface area contributed by atoms with E-state index in [0.29, 0.717) is 19.1 Å². The molecule has 4 heteroatoms. The number of carbonyl (C=O) groups is 1. The highest BCUT2D eigenvalue weighted by molar-refractivity contribution is 5.78. The molecule has 0 spiro atoms. The molecule has 2 fully saturated rings. The zero-order chi connectivity index (χ0) is 13.9. The van der Waals surface area contributed by atoms with Crippen molar-refractivity contribution in [2.75, 3.05) is 27.2 Å². The SMILES string of the molecule is CN(C(=O)CN(C)C1(CN)CCCCCC1)C1CC1. The van der Waals surface area contributed by atoms with Crippen LogP contribution < -0.4 is 5.73 Å². The number of likely N-dealkylation sites (N-methyl/N-ethyl adjacent to an activating group) is 2. The first-order valence-electron chi connectivity index (χ1n) is 7.76. The van der Waals surface area contributed by atoms with Gasteiger partial charge in [-0.1, -0.05) is 25.7 Å². The Kier molecular flexibility index (Phi) is 4.85. The summed E-state index contributed by atoms with van der Waals surface area (Å²) in [5.41, 5.74) is 6.12. The van der Waals surface area contributed by atoms with Gasteiger partial charge in [-0.3, -0.25) is 9.69 Å². The van der Waals surface area contributed by atoms with Crippen LogP contribution >= 0.6 is 0 Å². The third-order valence-electron chi connectivity index (χ3n) is 5.08. The summed E-state index contributed by atoms with van der Waals surface area (Å²) in [6, 6.07) is 0.504. The number of carbonyl (C=O) groups excluding carboxylic acids is 1. The van der Waals surface area contributed by atoms with Gasteiger partial charge in [-0.15, -0.1) is 0 Å². The van der Waals surface area contributed by atoms with Gasteiger partial charge in [-0.2, -0.15) is 0 Å². The minimum atomic E-state index is 0.0521. The number of nitrogens with zero attached hydrogens (tertiary/aromatic N) is 2. The number of hydrogen-bond donors (Lipinski definition) is 1. The van der Waals surface area contributed by atoms with Crippen molar-refractivity contribution in [3.05, 3.63) is 0 Å². The van der Waals surface area contributed by atoms with Crippen molar-refractivity contribution in [1.82, 2.24) is 9.80 Å². The van der Waals surface area contributed by atoms with Crippen molar-refractivity contribution >= 4 is 5.91 Å². The van der Waals surface area contributed by atoms with E-state index in [1.54, 1.807) is 0 Å². The molecule has 0 radical (unpaired) electrons. The highest BCUT2D eigenvalue weighted by Gasteiger charge is 2.36. The van der Waals surface area contributed by atoms with E-state index in [1.165, 1.54) is 38.5 Å². The molecule has 2 aliphatic rings. The smallest absolute Gasteiger partial charge is 0.236 e. The molecule has 2 rings (SSSR count). The Hall–Kier alpha value is -0.610. The van der Waals surface area contributed by atoms with Crippen LogP contribution in [0.5, 0.6) is 0 Å². The van der Waals surface area contributed by atoms with Crippen LogP contribution in [0.4, 0.5) is 0 Å². The second kappa shape index (κ2) is 6.23. The van der Waals surface area contributed by atoms with E-state index < -0.39 is 0 Å². The normalized spacial score (nSPS) is 23.2. The number of amides is 1. The first-order valence-corrected chi connectivity index (χ1v) is 7.76. The molecule has 2 aliphatic carbocycles.